The largest absolute Gasteiger partial charge is 0.466 e. The van der Waals surface area contributed by atoms with Gasteiger partial charge in [0.15, 0.2) is 11.0 Å². The van der Waals surface area contributed by atoms with Gasteiger partial charge >= 0.3 is 5.97 Å². The highest BCUT2D eigenvalue weighted by atomic mass is 32.2. The van der Waals surface area contributed by atoms with Gasteiger partial charge in [0.25, 0.3) is 0 Å². The number of pyridine rings is 1. The first-order chi connectivity index (χ1) is 10.8. The van der Waals surface area contributed by atoms with E-state index in [4.69, 9.17) is 4.74 Å². The molecule has 0 amide bonds. The highest BCUT2D eigenvalue weighted by Gasteiger charge is 2.13. The van der Waals surface area contributed by atoms with Gasteiger partial charge in [-0.1, -0.05) is 11.8 Å². The lowest BCUT2D eigenvalue weighted by molar-refractivity contribution is -0.143. The van der Waals surface area contributed by atoms with E-state index < -0.39 is 0 Å². The zero-order chi connectivity index (χ0) is 15.8. The van der Waals surface area contributed by atoms with Crippen molar-refractivity contribution in [3.63, 3.8) is 0 Å². The Morgan fingerprint density at radius 2 is 2.05 bits per heavy atom. The lowest BCUT2D eigenvalue weighted by Gasteiger charge is -2.07. The summed E-state index contributed by atoms with van der Waals surface area (Å²) in [7, 11) is 0. The molecule has 0 atom stereocenters. The second-order valence-electron chi connectivity index (χ2n) is 4.54. The van der Waals surface area contributed by atoms with Crippen molar-refractivity contribution < 1.29 is 9.53 Å². The molecule has 7 heteroatoms. The van der Waals surface area contributed by atoms with Crippen molar-refractivity contribution in [2.24, 2.45) is 0 Å². The van der Waals surface area contributed by atoms with Crippen molar-refractivity contribution in [3.8, 4) is 11.4 Å². The van der Waals surface area contributed by atoms with Gasteiger partial charge in [-0.3, -0.25) is 9.78 Å². The number of hydrogen-bond acceptors (Lipinski definition) is 6. The fraction of sp³-hybridized carbons (Fsp3) is 0.467. The fourth-order valence-electron chi connectivity index (χ4n) is 2.01. The molecule has 0 spiro atoms. The minimum atomic E-state index is -0.141. The van der Waals surface area contributed by atoms with Gasteiger partial charge in [0.05, 0.1) is 6.61 Å². The van der Waals surface area contributed by atoms with E-state index in [1.54, 1.807) is 24.2 Å². The summed E-state index contributed by atoms with van der Waals surface area (Å²) in [5.74, 6) is 1.52. The maximum absolute atomic E-state index is 11.3. The van der Waals surface area contributed by atoms with Crippen molar-refractivity contribution in [2.45, 2.75) is 38.4 Å². The molecule has 2 aromatic heterocycles. The lowest BCUT2D eigenvalue weighted by Crippen LogP contribution is -2.04. The van der Waals surface area contributed by atoms with Gasteiger partial charge in [0.1, 0.15) is 0 Å². The van der Waals surface area contributed by atoms with Gasteiger partial charge in [-0.05, 0) is 32.4 Å². The van der Waals surface area contributed by atoms with Crippen LogP contribution in [0.2, 0.25) is 0 Å². The second kappa shape index (κ2) is 8.53. The monoisotopic (exact) mass is 320 g/mol. The van der Waals surface area contributed by atoms with Gasteiger partial charge in [-0.15, -0.1) is 10.2 Å². The zero-order valence-electron chi connectivity index (χ0n) is 12.9. The van der Waals surface area contributed by atoms with Crippen LogP contribution in [0.1, 0.15) is 26.7 Å². The Balaban J connectivity index is 1.95. The Morgan fingerprint density at radius 3 is 2.73 bits per heavy atom. The van der Waals surface area contributed by atoms with Crippen LogP contribution in [0.15, 0.2) is 29.7 Å². The van der Waals surface area contributed by atoms with Crippen molar-refractivity contribution in [2.75, 3.05) is 12.4 Å². The predicted octanol–water partition coefficient (Wildman–Crippen LogP) is 2.80. The Bertz CT molecular complexity index is 601. The quantitative estimate of drug-likeness (QED) is 0.423. The third-order valence-corrected chi connectivity index (χ3v) is 4.09. The Hall–Kier alpha value is -1.89. The van der Waals surface area contributed by atoms with Crippen molar-refractivity contribution in [1.82, 2.24) is 19.7 Å². The van der Waals surface area contributed by atoms with Crippen LogP contribution in [0.4, 0.5) is 0 Å². The molecule has 0 saturated carbocycles. The smallest absolute Gasteiger partial charge is 0.305 e. The molecule has 118 valence electrons. The standard InChI is InChI=1S/C15H20N4O2S/c1-3-19-14(12-7-9-16-10-8-12)17-18-15(19)22-11-5-6-13(20)21-4-2/h7-10H,3-6,11H2,1-2H3. The lowest BCUT2D eigenvalue weighted by atomic mass is 10.2. The van der Waals surface area contributed by atoms with E-state index in [0.717, 1.165) is 35.3 Å². The zero-order valence-corrected chi connectivity index (χ0v) is 13.7. The molecule has 0 bridgehead atoms. The summed E-state index contributed by atoms with van der Waals surface area (Å²) >= 11 is 1.61. The van der Waals surface area contributed by atoms with Gasteiger partial charge in [0.2, 0.25) is 0 Å². The van der Waals surface area contributed by atoms with Gasteiger partial charge in [-0.25, -0.2) is 0 Å². The number of carbonyl (C=O) groups is 1. The first kappa shape index (κ1) is 16.5. The molecule has 0 N–H and O–H groups in total. The molecule has 2 rings (SSSR count). The molecule has 0 unspecified atom stereocenters. The number of hydrogen-bond donors (Lipinski definition) is 0. The molecule has 0 radical (unpaired) electrons. The van der Waals surface area contributed by atoms with Crippen molar-refractivity contribution >= 4 is 17.7 Å². The van der Waals surface area contributed by atoms with Crippen LogP contribution in [0.5, 0.6) is 0 Å². The average molecular weight is 320 g/mol. The van der Waals surface area contributed by atoms with Crippen LogP contribution in [-0.2, 0) is 16.1 Å². The number of rotatable bonds is 8. The van der Waals surface area contributed by atoms with Gasteiger partial charge in [0, 0.05) is 36.7 Å². The molecule has 2 aromatic rings. The van der Waals surface area contributed by atoms with Crippen LogP contribution in [0, 0.1) is 0 Å². The van der Waals surface area contributed by atoms with Crippen LogP contribution in [-0.4, -0.2) is 38.1 Å². The number of nitrogens with zero attached hydrogens (tertiary/aromatic N) is 4. The van der Waals surface area contributed by atoms with Crippen molar-refractivity contribution in [3.05, 3.63) is 24.5 Å². The fourth-order valence-corrected chi connectivity index (χ4v) is 2.95. The average Bonchev–Trinajstić information content (AvgIpc) is 2.95. The van der Waals surface area contributed by atoms with Crippen LogP contribution < -0.4 is 0 Å². The molecule has 0 aliphatic rings. The molecule has 0 aromatic carbocycles. The van der Waals surface area contributed by atoms with E-state index in [0.29, 0.717) is 13.0 Å². The van der Waals surface area contributed by atoms with E-state index in [-0.39, 0.29) is 5.97 Å². The summed E-state index contributed by atoms with van der Waals surface area (Å²) in [4.78, 5) is 15.3. The number of carbonyl (C=O) groups excluding carboxylic acids is 1. The minimum Gasteiger partial charge on any atom is -0.466 e. The van der Waals surface area contributed by atoms with E-state index in [9.17, 15) is 4.79 Å². The number of esters is 1. The maximum atomic E-state index is 11.3. The molecular weight excluding hydrogens is 300 g/mol. The predicted molar refractivity (Wildman–Crippen MR) is 85.5 cm³/mol. The Kier molecular flexibility index (Phi) is 6.39. The molecule has 22 heavy (non-hydrogen) atoms. The first-order valence-corrected chi connectivity index (χ1v) is 8.36. The van der Waals surface area contributed by atoms with Gasteiger partial charge < -0.3 is 9.30 Å². The van der Waals surface area contributed by atoms with Crippen LogP contribution >= 0.6 is 11.8 Å². The third-order valence-electron chi connectivity index (χ3n) is 3.03. The first-order valence-electron chi connectivity index (χ1n) is 7.38. The highest BCUT2D eigenvalue weighted by molar-refractivity contribution is 7.99. The molecule has 6 nitrogen and oxygen atoms in total. The SMILES string of the molecule is CCOC(=O)CCCSc1nnc(-c2ccncc2)n1CC. The minimum absolute atomic E-state index is 0.141. The molecule has 2 heterocycles. The summed E-state index contributed by atoms with van der Waals surface area (Å²) < 4.78 is 6.99. The molecular formula is C15H20N4O2S. The second-order valence-corrected chi connectivity index (χ2v) is 5.61. The topological polar surface area (TPSA) is 69.9 Å². The Morgan fingerprint density at radius 1 is 1.27 bits per heavy atom. The summed E-state index contributed by atoms with van der Waals surface area (Å²) in [5, 5.41) is 9.40. The molecule has 0 fully saturated rings. The van der Waals surface area contributed by atoms with E-state index in [1.807, 2.05) is 19.1 Å². The summed E-state index contributed by atoms with van der Waals surface area (Å²) in [6.45, 7) is 5.12. The Labute approximate surface area is 134 Å². The third kappa shape index (κ3) is 4.30. The number of thioether (sulfide) groups is 1. The van der Waals surface area contributed by atoms with Gasteiger partial charge in [-0.2, -0.15) is 0 Å². The van der Waals surface area contributed by atoms with E-state index in [1.165, 1.54) is 0 Å². The van der Waals surface area contributed by atoms with Crippen LogP contribution in [0.25, 0.3) is 11.4 Å². The van der Waals surface area contributed by atoms with Crippen LogP contribution in [0.3, 0.4) is 0 Å². The summed E-state index contributed by atoms with van der Waals surface area (Å²) in [5.41, 5.74) is 1.00. The van der Waals surface area contributed by atoms with E-state index >= 15 is 0 Å². The van der Waals surface area contributed by atoms with Crippen molar-refractivity contribution in [1.29, 1.82) is 0 Å². The number of ether oxygens (including phenoxy) is 1. The summed E-state index contributed by atoms with van der Waals surface area (Å²) in [6.07, 6.45) is 4.70. The van der Waals surface area contributed by atoms with E-state index in [2.05, 4.69) is 26.7 Å². The maximum Gasteiger partial charge on any atom is 0.305 e. The highest BCUT2D eigenvalue weighted by Crippen LogP contribution is 2.24. The molecule has 0 aliphatic carbocycles. The normalized spacial score (nSPS) is 10.6. The summed E-state index contributed by atoms with van der Waals surface area (Å²) in [6, 6.07) is 3.84. The molecule has 0 saturated heterocycles. The number of aromatic nitrogens is 4. The molecule has 0 aliphatic heterocycles.